The van der Waals surface area contributed by atoms with E-state index in [-0.39, 0.29) is 12.4 Å². The molecular formula is C15H20F3NS. The minimum atomic E-state index is -2.52. The first-order chi connectivity index (χ1) is 9.47. The molecule has 0 spiro atoms. The van der Waals surface area contributed by atoms with Gasteiger partial charge in [0.05, 0.1) is 6.54 Å². The zero-order valence-corrected chi connectivity index (χ0v) is 12.4. The van der Waals surface area contributed by atoms with E-state index in [1.165, 1.54) is 12.1 Å². The van der Waals surface area contributed by atoms with Crippen LogP contribution in [-0.4, -0.2) is 36.2 Å². The molecule has 112 valence electrons. The number of hydrogen-bond acceptors (Lipinski definition) is 2. The van der Waals surface area contributed by atoms with Crippen LogP contribution in [0.2, 0.25) is 0 Å². The fourth-order valence-corrected chi connectivity index (χ4v) is 3.28. The predicted molar refractivity (Wildman–Crippen MR) is 76.9 cm³/mol. The summed E-state index contributed by atoms with van der Waals surface area (Å²) in [4.78, 5) is 2.90. The van der Waals surface area contributed by atoms with Crippen LogP contribution >= 0.6 is 11.8 Å². The van der Waals surface area contributed by atoms with Crippen LogP contribution in [0.5, 0.6) is 0 Å². The Labute approximate surface area is 122 Å². The molecule has 2 rings (SSSR count). The average molecular weight is 303 g/mol. The van der Waals surface area contributed by atoms with Crippen molar-refractivity contribution in [2.45, 2.75) is 30.6 Å². The number of alkyl halides is 2. The van der Waals surface area contributed by atoms with Crippen molar-refractivity contribution in [3.63, 3.8) is 0 Å². The highest BCUT2D eigenvalue weighted by Gasteiger charge is 2.44. The SMILES string of the molecule is CC1CN(CCCCSc2ccc(F)cc2)CC1(F)F. The minimum Gasteiger partial charge on any atom is -0.297 e. The van der Waals surface area contributed by atoms with Crippen LogP contribution in [0.1, 0.15) is 19.8 Å². The van der Waals surface area contributed by atoms with E-state index < -0.39 is 11.8 Å². The van der Waals surface area contributed by atoms with Crippen molar-refractivity contribution in [3.8, 4) is 0 Å². The standard InChI is InChI=1S/C15H20F3NS/c1-12-10-19(11-15(12,17)18)8-2-3-9-20-14-6-4-13(16)5-7-14/h4-7,12H,2-3,8-11H2,1H3. The quantitative estimate of drug-likeness (QED) is 0.570. The van der Waals surface area contributed by atoms with Crippen molar-refractivity contribution in [1.82, 2.24) is 4.90 Å². The number of halogens is 3. The molecule has 1 unspecified atom stereocenters. The van der Waals surface area contributed by atoms with Crippen LogP contribution in [0.15, 0.2) is 29.2 Å². The molecule has 1 atom stereocenters. The van der Waals surface area contributed by atoms with Gasteiger partial charge in [-0.25, -0.2) is 13.2 Å². The molecule has 1 fully saturated rings. The maximum Gasteiger partial charge on any atom is 0.264 e. The summed E-state index contributed by atoms with van der Waals surface area (Å²) in [6.45, 7) is 2.76. The molecule has 1 saturated heterocycles. The highest BCUT2D eigenvalue weighted by molar-refractivity contribution is 7.99. The van der Waals surface area contributed by atoms with E-state index in [2.05, 4.69) is 0 Å². The smallest absolute Gasteiger partial charge is 0.264 e. The summed E-state index contributed by atoms with van der Waals surface area (Å²) in [5.41, 5.74) is 0. The van der Waals surface area contributed by atoms with E-state index in [4.69, 9.17) is 0 Å². The Balaban J connectivity index is 1.59. The molecule has 20 heavy (non-hydrogen) atoms. The number of likely N-dealkylation sites (tertiary alicyclic amines) is 1. The maximum absolute atomic E-state index is 13.3. The molecule has 1 heterocycles. The third kappa shape index (κ3) is 4.42. The molecule has 0 N–H and O–H groups in total. The van der Waals surface area contributed by atoms with Crippen LogP contribution in [0.4, 0.5) is 13.2 Å². The first kappa shape index (κ1) is 15.7. The third-order valence-corrected chi connectivity index (χ3v) is 4.74. The van der Waals surface area contributed by atoms with E-state index in [1.807, 2.05) is 4.90 Å². The summed E-state index contributed by atoms with van der Waals surface area (Å²) in [5, 5.41) is 0. The van der Waals surface area contributed by atoms with Crippen molar-refractivity contribution < 1.29 is 13.2 Å². The lowest BCUT2D eigenvalue weighted by Crippen LogP contribution is -2.27. The second kappa shape index (κ2) is 6.85. The number of nitrogens with zero attached hydrogens (tertiary/aromatic N) is 1. The minimum absolute atomic E-state index is 0.0979. The molecule has 0 aliphatic carbocycles. The number of rotatable bonds is 6. The van der Waals surface area contributed by atoms with Gasteiger partial charge >= 0.3 is 0 Å². The zero-order valence-electron chi connectivity index (χ0n) is 11.6. The molecule has 0 amide bonds. The van der Waals surface area contributed by atoms with E-state index in [0.29, 0.717) is 6.54 Å². The Hall–Kier alpha value is -0.680. The van der Waals surface area contributed by atoms with Gasteiger partial charge in [0.2, 0.25) is 0 Å². The van der Waals surface area contributed by atoms with Crippen LogP contribution in [0.3, 0.4) is 0 Å². The maximum atomic E-state index is 13.3. The fraction of sp³-hybridized carbons (Fsp3) is 0.600. The third-order valence-electron chi connectivity index (χ3n) is 3.64. The van der Waals surface area contributed by atoms with Gasteiger partial charge < -0.3 is 0 Å². The summed E-state index contributed by atoms with van der Waals surface area (Å²) in [6.07, 6.45) is 1.91. The molecule has 0 aromatic heterocycles. The van der Waals surface area contributed by atoms with Crippen molar-refractivity contribution in [1.29, 1.82) is 0 Å². The zero-order chi connectivity index (χ0) is 14.6. The van der Waals surface area contributed by atoms with Gasteiger partial charge in [0.15, 0.2) is 0 Å². The molecule has 1 aliphatic heterocycles. The van der Waals surface area contributed by atoms with Gasteiger partial charge in [-0.1, -0.05) is 6.92 Å². The second-order valence-corrected chi connectivity index (χ2v) is 6.58. The van der Waals surface area contributed by atoms with Gasteiger partial charge in [0, 0.05) is 17.4 Å². The second-order valence-electron chi connectivity index (χ2n) is 5.41. The lowest BCUT2D eigenvalue weighted by Gasteiger charge is -2.14. The number of thioether (sulfide) groups is 1. The van der Waals surface area contributed by atoms with Gasteiger partial charge in [-0.05, 0) is 49.4 Å². The van der Waals surface area contributed by atoms with Gasteiger partial charge in [0.25, 0.3) is 5.92 Å². The molecule has 1 aromatic carbocycles. The predicted octanol–water partition coefficient (Wildman–Crippen LogP) is 4.29. The Bertz CT molecular complexity index is 422. The first-order valence-electron chi connectivity index (χ1n) is 6.96. The molecule has 0 saturated carbocycles. The number of benzene rings is 1. The van der Waals surface area contributed by atoms with Gasteiger partial charge in [-0.2, -0.15) is 0 Å². The topological polar surface area (TPSA) is 3.24 Å². The summed E-state index contributed by atoms with van der Waals surface area (Å²) in [7, 11) is 0. The molecule has 1 aromatic rings. The lowest BCUT2D eigenvalue weighted by molar-refractivity contribution is -0.0209. The summed E-state index contributed by atoms with van der Waals surface area (Å²) < 4.78 is 39.4. The highest BCUT2D eigenvalue weighted by atomic mass is 32.2. The van der Waals surface area contributed by atoms with Crippen LogP contribution in [-0.2, 0) is 0 Å². The molecule has 5 heteroatoms. The van der Waals surface area contributed by atoms with Gasteiger partial charge in [-0.15, -0.1) is 11.8 Å². The number of hydrogen-bond donors (Lipinski definition) is 0. The average Bonchev–Trinajstić information content (AvgIpc) is 2.65. The van der Waals surface area contributed by atoms with Crippen molar-refractivity contribution in [3.05, 3.63) is 30.1 Å². The molecule has 1 aliphatic rings. The van der Waals surface area contributed by atoms with Gasteiger partial charge in [-0.3, -0.25) is 4.90 Å². The van der Waals surface area contributed by atoms with E-state index in [9.17, 15) is 13.2 Å². The summed E-state index contributed by atoms with van der Waals surface area (Å²) >= 11 is 1.68. The molecule has 0 radical (unpaired) electrons. The first-order valence-corrected chi connectivity index (χ1v) is 7.94. The Morgan fingerprint density at radius 3 is 2.55 bits per heavy atom. The van der Waals surface area contributed by atoms with E-state index in [1.54, 1.807) is 30.8 Å². The summed E-state index contributed by atoms with van der Waals surface area (Å²) in [6, 6.07) is 6.44. The molecule has 0 bridgehead atoms. The largest absolute Gasteiger partial charge is 0.297 e. The molecule has 1 nitrogen and oxygen atoms in total. The van der Waals surface area contributed by atoms with Crippen molar-refractivity contribution in [2.75, 3.05) is 25.4 Å². The van der Waals surface area contributed by atoms with Crippen molar-refractivity contribution >= 4 is 11.8 Å². The summed E-state index contributed by atoms with van der Waals surface area (Å²) in [5.74, 6) is -2.34. The van der Waals surface area contributed by atoms with E-state index >= 15 is 0 Å². The van der Waals surface area contributed by atoms with Crippen molar-refractivity contribution in [2.24, 2.45) is 5.92 Å². The van der Waals surface area contributed by atoms with Crippen LogP contribution in [0.25, 0.3) is 0 Å². The fourth-order valence-electron chi connectivity index (χ4n) is 2.37. The Morgan fingerprint density at radius 2 is 1.95 bits per heavy atom. The lowest BCUT2D eigenvalue weighted by atomic mass is 10.1. The highest BCUT2D eigenvalue weighted by Crippen LogP contribution is 2.32. The Morgan fingerprint density at radius 1 is 1.25 bits per heavy atom. The normalized spacial score (nSPS) is 22.3. The van der Waals surface area contributed by atoms with Crippen LogP contribution < -0.4 is 0 Å². The molecular weight excluding hydrogens is 283 g/mol. The van der Waals surface area contributed by atoms with Gasteiger partial charge in [0.1, 0.15) is 5.82 Å². The monoisotopic (exact) mass is 303 g/mol. The number of unbranched alkanes of at least 4 members (excludes halogenated alkanes) is 1. The van der Waals surface area contributed by atoms with Crippen LogP contribution in [0, 0.1) is 11.7 Å². The Kier molecular flexibility index (Phi) is 5.38. The van der Waals surface area contributed by atoms with E-state index in [0.717, 1.165) is 30.0 Å².